The Morgan fingerprint density at radius 3 is 3.09 bits per heavy atom. The highest BCUT2D eigenvalue weighted by Crippen LogP contribution is 2.16. The Morgan fingerprint density at radius 2 is 2.26 bits per heavy atom. The topological polar surface area (TPSA) is 63.3 Å². The molecule has 1 atom stereocenters. The minimum atomic E-state index is 0.148. The van der Waals surface area contributed by atoms with Crippen molar-refractivity contribution in [1.29, 1.82) is 5.26 Å². The first-order chi connectivity index (χ1) is 11.3. The molecular weight excluding hydrogens is 292 g/mol. The first-order valence-corrected chi connectivity index (χ1v) is 7.78. The molecule has 0 spiro atoms. The van der Waals surface area contributed by atoms with Crippen molar-refractivity contribution in [3.8, 4) is 11.8 Å². The van der Waals surface area contributed by atoms with Crippen LogP contribution < -0.4 is 4.74 Å². The summed E-state index contributed by atoms with van der Waals surface area (Å²) >= 11 is 0. The van der Waals surface area contributed by atoms with Crippen LogP contribution in [0.1, 0.15) is 5.56 Å². The zero-order valence-electron chi connectivity index (χ0n) is 13.0. The molecule has 1 aliphatic heterocycles. The summed E-state index contributed by atoms with van der Waals surface area (Å²) in [7, 11) is 0. The Labute approximate surface area is 135 Å². The van der Waals surface area contributed by atoms with Crippen molar-refractivity contribution in [2.45, 2.75) is 12.6 Å². The standard InChI is InChI=1S/C17H20N4O2/c18-12-15-4-1-2-5-17(15)23-11-9-20-8-10-22-16(13-20)14-21-7-3-6-19-21/h1-7,16H,8-11,13-14H2. The molecule has 3 rings (SSSR count). The van der Waals surface area contributed by atoms with E-state index in [2.05, 4.69) is 16.1 Å². The van der Waals surface area contributed by atoms with Gasteiger partial charge in [-0.2, -0.15) is 10.4 Å². The fourth-order valence-corrected chi connectivity index (χ4v) is 2.68. The van der Waals surface area contributed by atoms with E-state index >= 15 is 0 Å². The van der Waals surface area contributed by atoms with Crippen LogP contribution in [0.25, 0.3) is 0 Å². The molecule has 2 heterocycles. The van der Waals surface area contributed by atoms with Crippen molar-refractivity contribution in [2.75, 3.05) is 32.8 Å². The number of aromatic nitrogens is 2. The van der Waals surface area contributed by atoms with Gasteiger partial charge < -0.3 is 9.47 Å². The summed E-state index contributed by atoms with van der Waals surface area (Å²) in [6.07, 6.45) is 3.88. The molecule has 1 fully saturated rings. The zero-order chi connectivity index (χ0) is 15.9. The minimum absolute atomic E-state index is 0.148. The van der Waals surface area contributed by atoms with Gasteiger partial charge in [0.25, 0.3) is 0 Å². The number of ether oxygens (including phenoxy) is 2. The molecule has 6 nitrogen and oxygen atoms in total. The number of morpholine rings is 1. The van der Waals surface area contributed by atoms with E-state index in [1.54, 1.807) is 12.3 Å². The predicted molar refractivity (Wildman–Crippen MR) is 85.1 cm³/mol. The van der Waals surface area contributed by atoms with Gasteiger partial charge in [0.2, 0.25) is 0 Å². The lowest BCUT2D eigenvalue weighted by atomic mass is 10.2. The van der Waals surface area contributed by atoms with Gasteiger partial charge in [0.05, 0.1) is 24.8 Å². The average Bonchev–Trinajstić information content (AvgIpc) is 3.09. The molecule has 2 aromatic rings. The first kappa shape index (κ1) is 15.5. The molecule has 1 aromatic heterocycles. The molecule has 0 saturated carbocycles. The summed E-state index contributed by atoms with van der Waals surface area (Å²) in [6, 6.07) is 11.4. The van der Waals surface area contributed by atoms with Gasteiger partial charge in [-0.3, -0.25) is 9.58 Å². The third-order valence-electron chi connectivity index (χ3n) is 3.85. The minimum Gasteiger partial charge on any atom is -0.491 e. The monoisotopic (exact) mass is 312 g/mol. The van der Waals surface area contributed by atoms with Crippen LogP contribution in [0.15, 0.2) is 42.7 Å². The van der Waals surface area contributed by atoms with E-state index in [0.29, 0.717) is 17.9 Å². The van der Waals surface area contributed by atoms with Gasteiger partial charge in [-0.1, -0.05) is 12.1 Å². The van der Waals surface area contributed by atoms with E-state index in [0.717, 1.165) is 32.8 Å². The number of hydrogen-bond acceptors (Lipinski definition) is 5. The molecule has 120 valence electrons. The molecule has 1 aliphatic rings. The van der Waals surface area contributed by atoms with E-state index in [1.165, 1.54) is 0 Å². The van der Waals surface area contributed by atoms with Crippen LogP contribution in [0.2, 0.25) is 0 Å². The second-order valence-electron chi connectivity index (χ2n) is 5.48. The van der Waals surface area contributed by atoms with Gasteiger partial charge in [0.15, 0.2) is 0 Å². The van der Waals surface area contributed by atoms with Gasteiger partial charge in [-0.05, 0) is 18.2 Å². The van der Waals surface area contributed by atoms with Gasteiger partial charge in [-0.15, -0.1) is 0 Å². The summed E-state index contributed by atoms with van der Waals surface area (Å²) in [4.78, 5) is 2.33. The van der Waals surface area contributed by atoms with Gasteiger partial charge in [0, 0.05) is 32.0 Å². The van der Waals surface area contributed by atoms with Gasteiger partial charge in [0.1, 0.15) is 18.4 Å². The highest BCUT2D eigenvalue weighted by molar-refractivity contribution is 5.42. The van der Waals surface area contributed by atoms with Crippen LogP contribution in [0.4, 0.5) is 0 Å². The highest BCUT2D eigenvalue weighted by Gasteiger charge is 2.20. The van der Waals surface area contributed by atoms with Gasteiger partial charge in [-0.25, -0.2) is 0 Å². The lowest BCUT2D eigenvalue weighted by Gasteiger charge is -2.32. The molecule has 0 bridgehead atoms. The van der Waals surface area contributed by atoms with E-state index in [9.17, 15) is 0 Å². The molecular formula is C17H20N4O2. The fourth-order valence-electron chi connectivity index (χ4n) is 2.68. The summed E-state index contributed by atoms with van der Waals surface area (Å²) in [5.74, 6) is 0.649. The molecule has 0 aliphatic carbocycles. The fraction of sp³-hybridized carbons (Fsp3) is 0.412. The summed E-state index contributed by atoms with van der Waals surface area (Å²) in [5, 5.41) is 13.3. The number of benzene rings is 1. The molecule has 1 aromatic carbocycles. The summed E-state index contributed by atoms with van der Waals surface area (Å²) in [6.45, 7) is 4.64. The second-order valence-corrected chi connectivity index (χ2v) is 5.48. The largest absolute Gasteiger partial charge is 0.491 e. The van der Waals surface area contributed by atoms with E-state index in [-0.39, 0.29) is 6.10 Å². The Hall–Kier alpha value is -2.36. The molecule has 1 saturated heterocycles. The third kappa shape index (κ3) is 4.31. The Kier molecular flexibility index (Phi) is 5.25. The smallest absolute Gasteiger partial charge is 0.137 e. The quantitative estimate of drug-likeness (QED) is 0.809. The summed E-state index contributed by atoms with van der Waals surface area (Å²) < 4.78 is 13.4. The van der Waals surface area contributed by atoms with Crippen molar-refractivity contribution in [2.24, 2.45) is 0 Å². The van der Waals surface area contributed by atoms with Crippen LogP contribution in [0, 0.1) is 11.3 Å². The molecule has 0 amide bonds. The predicted octanol–water partition coefficient (Wildman–Crippen LogP) is 1.53. The maximum absolute atomic E-state index is 9.06. The zero-order valence-corrected chi connectivity index (χ0v) is 13.0. The number of rotatable bonds is 6. The maximum atomic E-state index is 9.06. The third-order valence-corrected chi connectivity index (χ3v) is 3.85. The summed E-state index contributed by atoms with van der Waals surface area (Å²) in [5.41, 5.74) is 0.575. The second kappa shape index (κ2) is 7.77. The van der Waals surface area contributed by atoms with E-state index in [4.69, 9.17) is 14.7 Å². The van der Waals surface area contributed by atoms with Crippen molar-refractivity contribution in [1.82, 2.24) is 14.7 Å². The number of nitriles is 1. The van der Waals surface area contributed by atoms with Crippen LogP contribution in [0.5, 0.6) is 5.75 Å². The lowest BCUT2D eigenvalue weighted by Crippen LogP contribution is -2.45. The normalized spacial score (nSPS) is 18.5. The average molecular weight is 312 g/mol. The molecule has 23 heavy (non-hydrogen) atoms. The van der Waals surface area contributed by atoms with Crippen molar-refractivity contribution >= 4 is 0 Å². The van der Waals surface area contributed by atoms with Crippen LogP contribution >= 0.6 is 0 Å². The number of nitrogens with zero attached hydrogens (tertiary/aromatic N) is 4. The molecule has 1 unspecified atom stereocenters. The lowest BCUT2D eigenvalue weighted by molar-refractivity contribution is -0.0400. The first-order valence-electron chi connectivity index (χ1n) is 7.78. The maximum Gasteiger partial charge on any atom is 0.137 e. The molecule has 6 heteroatoms. The van der Waals surface area contributed by atoms with Crippen molar-refractivity contribution in [3.05, 3.63) is 48.3 Å². The van der Waals surface area contributed by atoms with Crippen LogP contribution in [0.3, 0.4) is 0 Å². The van der Waals surface area contributed by atoms with E-state index < -0.39 is 0 Å². The molecule has 0 radical (unpaired) electrons. The van der Waals surface area contributed by atoms with Crippen molar-refractivity contribution in [3.63, 3.8) is 0 Å². The Morgan fingerprint density at radius 1 is 1.35 bits per heavy atom. The number of para-hydroxylation sites is 1. The van der Waals surface area contributed by atoms with Crippen LogP contribution in [-0.2, 0) is 11.3 Å². The number of hydrogen-bond donors (Lipinski definition) is 0. The molecule has 0 N–H and O–H groups in total. The van der Waals surface area contributed by atoms with Crippen LogP contribution in [-0.4, -0.2) is 53.6 Å². The highest BCUT2D eigenvalue weighted by atomic mass is 16.5. The van der Waals surface area contributed by atoms with E-state index in [1.807, 2.05) is 35.1 Å². The Bertz CT molecular complexity index is 651. The SMILES string of the molecule is N#Cc1ccccc1OCCN1CCOC(Cn2cccn2)C1. The van der Waals surface area contributed by atoms with Crippen molar-refractivity contribution < 1.29 is 9.47 Å². The Balaban J connectivity index is 1.46. The van der Waals surface area contributed by atoms with Gasteiger partial charge >= 0.3 is 0 Å².